The van der Waals surface area contributed by atoms with E-state index in [9.17, 15) is 4.39 Å². The summed E-state index contributed by atoms with van der Waals surface area (Å²) in [5.74, 6) is 0.467. The van der Waals surface area contributed by atoms with Crippen molar-refractivity contribution in [3.05, 3.63) is 46.5 Å². The number of benzene rings is 1. The van der Waals surface area contributed by atoms with Gasteiger partial charge < -0.3 is 5.32 Å². The molecule has 2 aromatic rings. The molecule has 0 unspecified atom stereocenters. The number of hydrogen-bond donors (Lipinski definition) is 1. The Bertz CT molecular complexity index is 615. The molecule has 0 saturated heterocycles. The van der Waals surface area contributed by atoms with Gasteiger partial charge in [0.05, 0.1) is 0 Å². The van der Waals surface area contributed by atoms with Gasteiger partial charge in [-0.1, -0.05) is 6.92 Å². The Morgan fingerprint density at radius 2 is 1.76 bits per heavy atom. The Hall–Kier alpha value is -1.81. The van der Waals surface area contributed by atoms with E-state index in [4.69, 9.17) is 0 Å². The van der Waals surface area contributed by atoms with E-state index in [0.717, 1.165) is 36.5 Å². The van der Waals surface area contributed by atoms with Crippen molar-refractivity contribution in [2.24, 2.45) is 0 Å². The second kappa shape index (κ2) is 6.76. The van der Waals surface area contributed by atoms with Crippen molar-refractivity contribution in [3.8, 4) is 11.4 Å². The highest BCUT2D eigenvalue weighted by atomic mass is 19.1. The first-order chi connectivity index (χ1) is 10.0. The zero-order chi connectivity index (χ0) is 15.4. The summed E-state index contributed by atoms with van der Waals surface area (Å²) in [7, 11) is 0. The van der Waals surface area contributed by atoms with Gasteiger partial charge in [-0.05, 0) is 69.6 Å². The summed E-state index contributed by atoms with van der Waals surface area (Å²) in [6.45, 7) is 9.76. The highest BCUT2D eigenvalue weighted by Crippen LogP contribution is 2.21. The molecule has 21 heavy (non-hydrogen) atoms. The minimum absolute atomic E-state index is 0.200. The Morgan fingerprint density at radius 1 is 1.10 bits per heavy atom. The zero-order valence-corrected chi connectivity index (χ0v) is 13.1. The molecule has 0 atom stereocenters. The van der Waals surface area contributed by atoms with Crippen molar-refractivity contribution in [1.29, 1.82) is 0 Å². The number of halogens is 1. The van der Waals surface area contributed by atoms with Crippen molar-refractivity contribution in [1.82, 2.24) is 15.3 Å². The Kier molecular flexibility index (Phi) is 5.02. The van der Waals surface area contributed by atoms with E-state index in [1.54, 1.807) is 19.1 Å². The number of hydrogen-bond acceptors (Lipinski definition) is 3. The third kappa shape index (κ3) is 3.64. The molecule has 3 nitrogen and oxygen atoms in total. The van der Waals surface area contributed by atoms with Crippen LogP contribution in [0.5, 0.6) is 0 Å². The maximum absolute atomic E-state index is 13.4. The van der Waals surface area contributed by atoms with E-state index >= 15 is 0 Å². The van der Waals surface area contributed by atoms with Crippen molar-refractivity contribution < 1.29 is 4.39 Å². The van der Waals surface area contributed by atoms with Crippen LogP contribution in [0.2, 0.25) is 0 Å². The molecule has 1 heterocycles. The summed E-state index contributed by atoms with van der Waals surface area (Å²) in [6, 6.07) is 4.99. The quantitative estimate of drug-likeness (QED) is 0.857. The number of rotatable bonds is 5. The van der Waals surface area contributed by atoms with E-state index in [0.29, 0.717) is 11.4 Å². The van der Waals surface area contributed by atoms with Gasteiger partial charge in [0.1, 0.15) is 5.82 Å². The highest BCUT2D eigenvalue weighted by Gasteiger charge is 2.10. The molecule has 2 rings (SSSR count). The first-order valence-corrected chi connectivity index (χ1v) is 7.34. The lowest BCUT2D eigenvalue weighted by atomic mass is 10.1. The van der Waals surface area contributed by atoms with Gasteiger partial charge in [0.2, 0.25) is 0 Å². The van der Waals surface area contributed by atoms with Crippen molar-refractivity contribution >= 4 is 0 Å². The van der Waals surface area contributed by atoms with Crippen LogP contribution in [0, 0.1) is 26.6 Å². The summed E-state index contributed by atoms with van der Waals surface area (Å²) >= 11 is 0. The van der Waals surface area contributed by atoms with Gasteiger partial charge >= 0.3 is 0 Å². The average Bonchev–Trinajstić information content (AvgIpc) is 2.44. The Morgan fingerprint density at radius 3 is 2.33 bits per heavy atom. The number of aromatic nitrogens is 2. The fourth-order valence-corrected chi connectivity index (χ4v) is 2.40. The third-order valence-corrected chi connectivity index (χ3v) is 3.64. The van der Waals surface area contributed by atoms with Crippen LogP contribution in [-0.4, -0.2) is 23.1 Å². The highest BCUT2D eigenvalue weighted by molar-refractivity contribution is 5.57. The monoisotopic (exact) mass is 287 g/mol. The maximum atomic E-state index is 13.4. The van der Waals surface area contributed by atoms with Crippen molar-refractivity contribution in [2.75, 3.05) is 13.1 Å². The maximum Gasteiger partial charge on any atom is 0.159 e. The van der Waals surface area contributed by atoms with Gasteiger partial charge in [-0.3, -0.25) is 0 Å². The smallest absolute Gasteiger partial charge is 0.159 e. The largest absolute Gasteiger partial charge is 0.317 e. The van der Waals surface area contributed by atoms with Gasteiger partial charge in [-0.25, -0.2) is 14.4 Å². The average molecular weight is 287 g/mol. The molecule has 1 N–H and O–H groups in total. The molecule has 0 saturated carbocycles. The fourth-order valence-electron chi connectivity index (χ4n) is 2.40. The summed E-state index contributed by atoms with van der Waals surface area (Å²) < 4.78 is 13.4. The van der Waals surface area contributed by atoms with Gasteiger partial charge in [-0.2, -0.15) is 0 Å². The lowest BCUT2D eigenvalue weighted by Crippen LogP contribution is -2.17. The minimum atomic E-state index is -0.200. The molecule has 0 amide bonds. The molecule has 4 heteroatoms. The first-order valence-electron chi connectivity index (χ1n) is 7.34. The van der Waals surface area contributed by atoms with Crippen LogP contribution in [0.25, 0.3) is 11.4 Å². The van der Waals surface area contributed by atoms with Crippen LogP contribution in [0.3, 0.4) is 0 Å². The molecule has 0 spiro atoms. The van der Waals surface area contributed by atoms with E-state index in [1.165, 1.54) is 11.6 Å². The molecule has 0 aliphatic heterocycles. The standard InChI is InChI=1S/C17H22FN3/c1-5-19-9-8-15-12(3)20-17(21-13(15)4)14-6-7-16(18)11(2)10-14/h6-7,10,19H,5,8-9H2,1-4H3. The van der Waals surface area contributed by atoms with Crippen molar-refractivity contribution in [2.45, 2.75) is 34.1 Å². The molecule has 0 radical (unpaired) electrons. The molecule has 0 bridgehead atoms. The number of nitrogens with one attached hydrogen (secondary N) is 1. The summed E-state index contributed by atoms with van der Waals surface area (Å²) in [6.07, 6.45) is 0.925. The van der Waals surface area contributed by atoms with Gasteiger partial charge in [0.15, 0.2) is 5.82 Å². The second-order valence-corrected chi connectivity index (χ2v) is 5.26. The van der Waals surface area contributed by atoms with Crippen LogP contribution >= 0.6 is 0 Å². The minimum Gasteiger partial charge on any atom is -0.317 e. The summed E-state index contributed by atoms with van der Waals surface area (Å²) in [4.78, 5) is 9.18. The number of likely N-dealkylation sites (N-methyl/N-ethyl adjacent to an activating group) is 1. The molecular formula is C17H22FN3. The van der Waals surface area contributed by atoms with Gasteiger partial charge in [0.25, 0.3) is 0 Å². The molecule has 112 valence electrons. The van der Waals surface area contributed by atoms with Crippen LogP contribution in [-0.2, 0) is 6.42 Å². The van der Waals surface area contributed by atoms with E-state index in [-0.39, 0.29) is 5.82 Å². The predicted molar refractivity (Wildman–Crippen MR) is 83.9 cm³/mol. The zero-order valence-electron chi connectivity index (χ0n) is 13.1. The number of nitrogens with zero attached hydrogens (tertiary/aromatic N) is 2. The molecule has 1 aromatic carbocycles. The lowest BCUT2D eigenvalue weighted by molar-refractivity contribution is 0.618. The van der Waals surface area contributed by atoms with Crippen LogP contribution in [0.1, 0.15) is 29.4 Å². The van der Waals surface area contributed by atoms with Crippen LogP contribution < -0.4 is 5.32 Å². The predicted octanol–water partition coefficient (Wildman–Crippen LogP) is 3.36. The molecule has 1 aromatic heterocycles. The molecule has 0 aliphatic rings. The summed E-state index contributed by atoms with van der Waals surface area (Å²) in [5, 5.41) is 3.31. The van der Waals surface area contributed by atoms with Crippen LogP contribution in [0.15, 0.2) is 18.2 Å². The van der Waals surface area contributed by atoms with Gasteiger partial charge in [-0.15, -0.1) is 0 Å². The molecule has 0 aliphatic carbocycles. The normalized spacial score (nSPS) is 10.9. The summed E-state index contributed by atoms with van der Waals surface area (Å²) in [5.41, 5.74) is 4.66. The number of aryl methyl sites for hydroxylation is 3. The fraction of sp³-hybridized carbons (Fsp3) is 0.412. The topological polar surface area (TPSA) is 37.8 Å². The Labute approximate surface area is 125 Å². The second-order valence-electron chi connectivity index (χ2n) is 5.26. The molecule has 0 fully saturated rings. The van der Waals surface area contributed by atoms with Gasteiger partial charge in [0, 0.05) is 17.0 Å². The molecular weight excluding hydrogens is 265 g/mol. The van der Waals surface area contributed by atoms with E-state index < -0.39 is 0 Å². The first kappa shape index (κ1) is 15.6. The third-order valence-electron chi connectivity index (χ3n) is 3.64. The SMILES string of the molecule is CCNCCc1c(C)nc(-c2ccc(F)c(C)c2)nc1C. The van der Waals surface area contributed by atoms with E-state index in [2.05, 4.69) is 22.2 Å². The van der Waals surface area contributed by atoms with Crippen LogP contribution in [0.4, 0.5) is 4.39 Å². The van der Waals surface area contributed by atoms with Crippen molar-refractivity contribution in [3.63, 3.8) is 0 Å². The Balaban J connectivity index is 2.32. The van der Waals surface area contributed by atoms with E-state index in [1.807, 2.05) is 13.8 Å². The lowest BCUT2D eigenvalue weighted by Gasteiger charge is -2.11.